The van der Waals surface area contributed by atoms with Gasteiger partial charge in [0, 0.05) is 36.5 Å². The van der Waals surface area contributed by atoms with Crippen LogP contribution in [0.2, 0.25) is 0 Å². The molecule has 0 saturated heterocycles. The number of carbonyl (C=O) groups is 1. The standard InChI is InChI=1S/C15H18N4O2/c1-11(10-16-2)15(20)18-12-5-3-6-13(9-12)21-14-7-4-8-17-19-14/h3-9,11,16H,10H2,1-2H3,(H,18,20). The highest BCUT2D eigenvalue weighted by Gasteiger charge is 2.12. The summed E-state index contributed by atoms with van der Waals surface area (Å²) in [7, 11) is 1.82. The smallest absolute Gasteiger partial charge is 0.238 e. The van der Waals surface area contributed by atoms with Crippen LogP contribution in [0.25, 0.3) is 0 Å². The van der Waals surface area contributed by atoms with Crippen molar-refractivity contribution in [2.45, 2.75) is 6.92 Å². The first-order valence-electron chi connectivity index (χ1n) is 6.70. The van der Waals surface area contributed by atoms with Crippen LogP contribution in [-0.4, -0.2) is 29.7 Å². The van der Waals surface area contributed by atoms with Crippen LogP contribution in [-0.2, 0) is 4.79 Å². The predicted molar refractivity (Wildman–Crippen MR) is 80.3 cm³/mol. The van der Waals surface area contributed by atoms with Gasteiger partial charge >= 0.3 is 0 Å². The maximum Gasteiger partial charge on any atom is 0.238 e. The first-order valence-corrected chi connectivity index (χ1v) is 6.70. The van der Waals surface area contributed by atoms with E-state index in [1.807, 2.05) is 26.1 Å². The summed E-state index contributed by atoms with van der Waals surface area (Å²) < 4.78 is 5.57. The van der Waals surface area contributed by atoms with E-state index in [4.69, 9.17) is 4.74 Å². The molecule has 0 saturated carbocycles. The van der Waals surface area contributed by atoms with Gasteiger partial charge < -0.3 is 15.4 Å². The van der Waals surface area contributed by atoms with Crippen molar-refractivity contribution in [1.29, 1.82) is 0 Å². The molecule has 0 bridgehead atoms. The molecule has 21 heavy (non-hydrogen) atoms. The van der Waals surface area contributed by atoms with Crippen molar-refractivity contribution in [3.8, 4) is 11.6 Å². The minimum atomic E-state index is -0.112. The number of anilines is 1. The molecule has 0 fully saturated rings. The van der Waals surface area contributed by atoms with Gasteiger partial charge in [0.05, 0.1) is 0 Å². The fourth-order valence-electron chi connectivity index (χ4n) is 1.76. The molecular formula is C15H18N4O2. The molecule has 6 nitrogen and oxygen atoms in total. The fourth-order valence-corrected chi connectivity index (χ4v) is 1.76. The molecule has 1 heterocycles. The number of aromatic nitrogens is 2. The van der Waals surface area contributed by atoms with E-state index in [1.165, 1.54) is 0 Å². The Morgan fingerprint density at radius 3 is 2.90 bits per heavy atom. The topological polar surface area (TPSA) is 76.1 Å². The Kier molecular flexibility index (Phi) is 5.22. The first-order chi connectivity index (χ1) is 10.2. The number of hydrogen-bond acceptors (Lipinski definition) is 5. The fraction of sp³-hybridized carbons (Fsp3) is 0.267. The molecule has 1 aromatic carbocycles. The number of hydrogen-bond donors (Lipinski definition) is 2. The van der Waals surface area contributed by atoms with E-state index in [9.17, 15) is 4.79 Å². The molecule has 2 N–H and O–H groups in total. The van der Waals surface area contributed by atoms with Crippen molar-refractivity contribution in [2.75, 3.05) is 18.9 Å². The quantitative estimate of drug-likeness (QED) is 0.850. The number of benzene rings is 1. The normalized spacial score (nSPS) is 11.7. The lowest BCUT2D eigenvalue weighted by molar-refractivity contribution is -0.119. The highest BCUT2D eigenvalue weighted by Crippen LogP contribution is 2.22. The Bertz CT molecular complexity index is 589. The van der Waals surface area contributed by atoms with E-state index in [1.54, 1.807) is 30.5 Å². The van der Waals surface area contributed by atoms with Crippen LogP contribution in [0.1, 0.15) is 6.92 Å². The Hall–Kier alpha value is -2.47. The molecule has 0 aliphatic rings. The van der Waals surface area contributed by atoms with E-state index < -0.39 is 0 Å². The number of nitrogens with one attached hydrogen (secondary N) is 2. The van der Waals surface area contributed by atoms with Crippen LogP contribution in [0, 0.1) is 5.92 Å². The lowest BCUT2D eigenvalue weighted by Gasteiger charge is -2.12. The van der Waals surface area contributed by atoms with Gasteiger partial charge in [0.2, 0.25) is 11.8 Å². The van der Waals surface area contributed by atoms with Crippen LogP contribution in [0.5, 0.6) is 11.6 Å². The summed E-state index contributed by atoms with van der Waals surface area (Å²) in [5, 5.41) is 13.4. The van der Waals surface area contributed by atoms with Crippen LogP contribution in [0.15, 0.2) is 42.6 Å². The summed E-state index contributed by atoms with van der Waals surface area (Å²) in [6.07, 6.45) is 1.58. The summed E-state index contributed by atoms with van der Waals surface area (Å²) in [6.45, 7) is 2.49. The van der Waals surface area contributed by atoms with E-state index in [0.717, 1.165) is 0 Å². The van der Waals surface area contributed by atoms with Gasteiger partial charge in [-0.2, -0.15) is 5.10 Å². The molecule has 2 aromatic rings. The molecule has 0 radical (unpaired) electrons. The Balaban J connectivity index is 2.02. The second kappa shape index (κ2) is 7.35. The van der Waals surface area contributed by atoms with Gasteiger partial charge in [0.15, 0.2) is 0 Å². The minimum absolute atomic E-state index is 0.0407. The van der Waals surface area contributed by atoms with Crippen LogP contribution in [0.4, 0.5) is 5.69 Å². The summed E-state index contributed by atoms with van der Waals surface area (Å²) in [6, 6.07) is 10.6. The van der Waals surface area contributed by atoms with Crippen molar-refractivity contribution >= 4 is 11.6 Å². The summed E-state index contributed by atoms with van der Waals surface area (Å²) in [5.74, 6) is 0.847. The Morgan fingerprint density at radius 1 is 1.33 bits per heavy atom. The average Bonchev–Trinajstić information content (AvgIpc) is 2.49. The van der Waals surface area contributed by atoms with Gasteiger partial charge in [0.1, 0.15) is 5.75 Å². The molecule has 6 heteroatoms. The SMILES string of the molecule is CNCC(C)C(=O)Nc1cccc(Oc2cccnn2)c1. The van der Waals surface area contributed by atoms with Gasteiger partial charge in [-0.1, -0.05) is 13.0 Å². The maximum absolute atomic E-state index is 12.0. The van der Waals surface area contributed by atoms with Crippen LogP contribution >= 0.6 is 0 Å². The number of nitrogens with zero attached hydrogens (tertiary/aromatic N) is 2. The lowest BCUT2D eigenvalue weighted by atomic mass is 10.1. The zero-order valence-corrected chi connectivity index (χ0v) is 12.0. The minimum Gasteiger partial charge on any atom is -0.437 e. The zero-order chi connectivity index (χ0) is 15.1. The average molecular weight is 286 g/mol. The van der Waals surface area contributed by atoms with Gasteiger partial charge in [-0.3, -0.25) is 4.79 Å². The van der Waals surface area contributed by atoms with Crippen molar-refractivity contribution in [3.05, 3.63) is 42.6 Å². The number of carbonyl (C=O) groups excluding carboxylic acids is 1. The number of rotatable bonds is 6. The summed E-state index contributed by atoms with van der Waals surface area (Å²) >= 11 is 0. The van der Waals surface area contributed by atoms with E-state index in [-0.39, 0.29) is 11.8 Å². The molecule has 0 aliphatic carbocycles. The van der Waals surface area contributed by atoms with E-state index >= 15 is 0 Å². The van der Waals surface area contributed by atoms with Crippen LogP contribution in [0.3, 0.4) is 0 Å². The maximum atomic E-state index is 12.0. The molecule has 1 atom stereocenters. The van der Waals surface area contributed by atoms with Crippen molar-refractivity contribution in [1.82, 2.24) is 15.5 Å². The van der Waals surface area contributed by atoms with Gasteiger partial charge in [0.25, 0.3) is 0 Å². The molecule has 1 amide bonds. The van der Waals surface area contributed by atoms with Crippen LogP contribution < -0.4 is 15.4 Å². The summed E-state index contributed by atoms with van der Waals surface area (Å²) in [5.41, 5.74) is 0.685. The molecule has 1 unspecified atom stereocenters. The van der Waals surface area contributed by atoms with Gasteiger partial charge in [-0.05, 0) is 25.2 Å². The van der Waals surface area contributed by atoms with Crippen molar-refractivity contribution < 1.29 is 9.53 Å². The number of ether oxygens (including phenoxy) is 1. The molecular weight excluding hydrogens is 268 g/mol. The molecule has 0 aliphatic heterocycles. The van der Waals surface area contributed by atoms with Crippen molar-refractivity contribution in [3.63, 3.8) is 0 Å². The molecule has 110 valence electrons. The highest BCUT2D eigenvalue weighted by atomic mass is 16.5. The zero-order valence-electron chi connectivity index (χ0n) is 12.0. The third-order valence-corrected chi connectivity index (χ3v) is 2.83. The largest absolute Gasteiger partial charge is 0.437 e. The van der Waals surface area contributed by atoms with Crippen molar-refractivity contribution in [2.24, 2.45) is 5.92 Å². The monoisotopic (exact) mass is 286 g/mol. The van der Waals surface area contributed by atoms with E-state index in [0.29, 0.717) is 23.9 Å². The van der Waals surface area contributed by atoms with Gasteiger partial charge in [-0.15, -0.1) is 5.10 Å². The third kappa shape index (κ3) is 4.54. The second-order valence-electron chi connectivity index (χ2n) is 4.64. The number of amides is 1. The second-order valence-corrected chi connectivity index (χ2v) is 4.64. The summed E-state index contributed by atoms with van der Waals surface area (Å²) in [4.78, 5) is 12.0. The molecule has 1 aromatic heterocycles. The highest BCUT2D eigenvalue weighted by molar-refractivity contribution is 5.92. The predicted octanol–water partition coefficient (Wildman–Crippen LogP) is 2.06. The lowest BCUT2D eigenvalue weighted by Crippen LogP contribution is -2.28. The Morgan fingerprint density at radius 2 is 2.19 bits per heavy atom. The van der Waals surface area contributed by atoms with Gasteiger partial charge in [-0.25, -0.2) is 0 Å². The molecule has 2 rings (SSSR count). The third-order valence-electron chi connectivity index (χ3n) is 2.83. The van der Waals surface area contributed by atoms with E-state index in [2.05, 4.69) is 20.8 Å². The Labute approximate surface area is 123 Å². The first kappa shape index (κ1) is 14.9. The molecule has 0 spiro atoms.